The van der Waals surface area contributed by atoms with Gasteiger partial charge in [0.25, 0.3) is 0 Å². The van der Waals surface area contributed by atoms with Gasteiger partial charge in [-0.3, -0.25) is 4.79 Å². The molecule has 3 rings (SSSR count). The first-order valence-electron chi connectivity index (χ1n) is 8.73. The van der Waals surface area contributed by atoms with Crippen LogP contribution in [0.15, 0.2) is 24.3 Å². The van der Waals surface area contributed by atoms with E-state index in [-0.39, 0.29) is 23.0 Å². The SMILES string of the molecule is COC[C@@]12CCN(S(=O)(=O)Cc3ccccc3Cl)C[C@@H]1CN(C(C)=O)C2. The smallest absolute Gasteiger partial charge is 0.219 e. The molecule has 0 radical (unpaired) electrons. The molecule has 6 nitrogen and oxygen atoms in total. The van der Waals surface area contributed by atoms with Crippen molar-refractivity contribution in [1.82, 2.24) is 9.21 Å². The highest BCUT2D eigenvalue weighted by Crippen LogP contribution is 2.44. The molecule has 0 N–H and O–H groups in total. The van der Waals surface area contributed by atoms with Crippen LogP contribution in [-0.4, -0.2) is 63.4 Å². The quantitative estimate of drug-likeness (QED) is 0.758. The van der Waals surface area contributed by atoms with E-state index in [0.717, 1.165) is 0 Å². The van der Waals surface area contributed by atoms with E-state index in [1.54, 1.807) is 42.6 Å². The van der Waals surface area contributed by atoms with E-state index in [0.29, 0.717) is 49.8 Å². The van der Waals surface area contributed by atoms with E-state index in [2.05, 4.69) is 0 Å². The summed E-state index contributed by atoms with van der Waals surface area (Å²) in [5, 5.41) is 0.463. The Bertz CT molecular complexity index is 785. The van der Waals surface area contributed by atoms with Crippen molar-refractivity contribution in [2.75, 3.05) is 39.9 Å². The van der Waals surface area contributed by atoms with Crippen molar-refractivity contribution in [1.29, 1.82) is 0 Å². The summed E-state index contributed by atoms with van der Waals surface area (Å²) in [5.41, 5.74) is 0.455. The Balaban J connectivity index is 1.78. The van der Waals surface area contributed by atoms with E-state index < -0.39 is 10.0 Å². The molecule has 144 valence electrons. The third-order valence-electron chi connectivity index (χ3n) is 5.66. The summed E-state index contributed by atoms with van der Waals surface area (Å²) < 4.78 is 32.8. The van der Waals surface area contributed by atoms with E-state index in [1.165, 1.54) is 0 Å². The van der Waals surface area contributed by atoms with E-state index in [1.807, 2.05) is 4.90 Å². The zero-order valence-electron chi connectivity index (χ0n) is 15.2. The molecule has 8 heteroatoms. The number of amides is 1. The summed E-state index contributed by atoms with van der Waals surface area (Å²) in [7, 11) is -1.82. The number of ether oxygens (including phenoxy) is 1. The zero-order valence-corrected chi connectivity index (χ0v) is 16.7. The third-order valence-corrected chi connectivity index (χ3v) is 7.82. The maximum absolute atomic E-state index is 12.9. The molecule has 2 aliphatic heterocycles. The summed E-state index contributed by atoms with van der Waals surface area (Å²) in [4.78, 5) is 13.6. The van der Waals surface area contributed by atoms with Crippen LogP contribution in [0.4, 0.5) is 0 Å². The summed E-state index contributed by atoms with van der Waals surface area (Å²) >= 11 is 6.13. The van der Waals surface area contributed by atoms with Gasteiger partial charge >= 0.3 is 0 Å². The number of methoxy groups -OCH3 is 1. The number of hydrogen-bond acceptors (Lipinski definition) is 4. The van der Waals surface area contributed by atoms with Crippen molar-refractivity contribution in [3.63, 3.8) is 0 Å². The number of piperidine rings is 1. The molecule has 2 aliphatic rings. The lowest BCUT2D eigenvalue weighted by molar-refractivity contribution is -0.128. The van der Waals surface area contributed by atoms with Crippen LogP contribution in [0.1, 0.15) is 18.9 Å². The summed E-state index contributed by atoms with van der Waals surface area (Å²) in [6.45, 7) is 4.18. The first kappa shape index (κ1) is 19.6. The maximum atomic E-state index is 12.9. The molecule has 1 aromatic rings. The minimum absolute atomic E-state index is 0.0281. The second-order valence-corrected chi connectivity index (χ2v) is 9.72. The molecule has 26 heavy (non-hydrogen) atoms. The van der Waals surface area contributed by atoms with Crippen LogP contribution >= 0.6 is 11.6 Å². The van der Waals surface area contributed by atoms with Gasteiger partial charge in [-0.25, -0.2) is 12.7 Å². The Morgan fingerprint density at radius 3 is 2.73 bits per heavy atom. The van der Waals surface area contributed by atoms with Crippen LogP contribution in [0.2, 0.25) is 5.02 Å². The number of carbonyl (C=O) groups is 1. The molecule has 2 heterocycles. The van der Waals surface area contributed by atoms with Crippen molar-refractivity contribution in [3.8, 4) is 0 Å². The Morgan fingerprint density at radius 2 is 2.08 bits per heavy atom. The Kier molecular flexibility index (Phi) is 5.63. The first-order chi connectivity index (χ1) is 12.3. The third kappa shape index (κ3) is 3.76. The van der Waals surface area contributed by atoms with Crippen LogP contribution in [0.25, 0.3) is 0 Å². The molecule has 1 aromatic carbocycles. The second-order valence-electron chi connectivity index (χ2n) is 7.35. The van der Waals surface area contributed by atoms with Crippen LogP contribution < -0.4 is 0 Å². The van der Waals surface area contributed by atoms with Gasteiger partial charge in [0, 0.05) is 50.7 Å². The number of nitrogens with zero attached hydrogens (tertiary/aromatic N) is 2. The first-order valence-corrected chi connectivity index (χ1v) is 10.7. The van der Waals surface area contributed by atoms with Crippen molar-refractivity contribution in [3.05, 3.63) is 34.9 Å². The summed E-state index contributed by atoms with van der Waals surface area (Å²) in [5.74, 6) is 0.00840. The Hall–Kier alpha value is -1.15. The largest absolute Gasteiger partial charge is 0.384 e. The summed E-state index contributed by atoms with van der Waals surface area (Å²) in [6.07, 6.45) is 0.692. The van der Waals surface area contributed by atoms with Gasteiger partial charge in [-0.05, 0) is 24.0 Å². The molecule has 2 atom stereocenters. The van der Waals surface area contributed by atoms with Gasteiger partial charge in [-0.1, -0.05) is 29.8 Å². The number of sulfonamides is 1. The monoisotopic (exact) mass is 400 g/mol. The molecule has 0 aliphatic carbocycles. The fourth-order valence-electron chi connectivity index (χ4n) is 4.17. The highest BCUT2D eigenvalue weighted by atomic mass is 35.5. The lowest BCUT2D eigenvalue weighted by atomic mass is 9.74. The van der Waals surface area contributed by atoms with Gasteiger partial charge in [0.15, 0.2) is 0 Å². The highest BCUT2D eigenvalue weighted by Gasteiger charge is 2.51. The Morgan fingerprint density at radius 1 is 1.35 bits per heavy atom. The molecular weight excluding hydrogens is 376 g/mol. The number of halogens is 1. The molecule has 0 spiro atoms. The fourth-order valence-corrected chi connectivity index (χ4v) is 6.06. The lowest BCUT2D eigenvalue weighted by Crippen LogP contribution is -2.51. The number of benzene rings is 1. The maximum Gasteiger partial charge on any atom is 0.219 e. The average molecular weight is 401 g/mol. The standard InChI is InChI=1S/C18H25ClN2O4S/c1-14(22)20-9-16-10-21(8-7-18(16,12-20)13-25-2)26(23,24)11-15-5-3-4-6-17(15)19/h3-6,16H,7-13H2,1-2H3/t16-,18-/m0/s1. The average Bonchev–Trinajstić information content (AvgIpc) is 2.96. The molecule has 2 fully saturated rings. The number of rotatable bonds is 5. The normalized spacial score (nSPS) is 26.7. The van der Waals surface area contributed by atoms with Crippen LogP contribution in [0, 0.1) is 11.3 Å². The molecule has 0 unspecified atom stereocenters. The van der Waals surface area contributed by atoms with Gasteiger partial charge in [0.1, 0.15) is 0 Å². The fraction of sp³-hybridized carbons (Fsp3) is 0.611. The van der Waals surface area contributed by atoms with E-state index in [4.69, 9.17) is 16.3 Å². The van der Waals surface area contributed by atoms with Crippen LogP contribution in [-0.2, 0) is 25.3 Å². The van der Waals surface area contributed by atoms with Crippen LogP contribution in [0.3, 0.4) is 0 Å². The predicted molar refractivity (Wildman–Crippen MR) is 100 cm³/mol. The number of fused-ring (bicyclic) bond motifs is 1. The number of carbonyl (C=O) groups excluding carboxylic acids is 1. The number of likely N-dealkylation sites (tertiary alicyclic amines) is 1. The molecule has 0 bridgehead atoms. The van der Waals surface area contributed by atoms with Gasteiger partial charge < -0.3 is 9.64 Å². The van der Waals surface area contributed by atoms with Gasteiger partial charge in [0.2, 0.25) is 15.9 Å². The van der Waals surface area contributed by atoms with Gasteiger partial charge in [0.05, 0.1) is 12.4 Å². The number of hydrogen-bond donors (Lipinski definition) is 0. The molecule has 2 saturated heterocycles. The summed E-state index contributed by atoms with van der Waals surface area (Å²) in [6, 6.07) is 7.02. The topological polar surface area (TPSA) is 66.9 Å². The van der Waals surface area contributed by atoms with Crippen molar-refractivity contribution in [2.24, 2.45) is 11.3 Å². The zero-order chi connectivity index (χ0) is 18.9. The minimum Gasteiger partial charge on any atom is -0.384 e. The van der Waals surface area contributed by atoms with Gasteiger partial charge in [-0.15, -0.1) is 0 Å². The molecule has 0 saturated carbocycles. The second kappa shape index (κ2) is 7.46. The van der Waals surface area contributed by atoms with E-state index in [9.17, 15) is 13.2 Å². The van der Waals surface area contributed by atoms with Crippen molar-refractivity contribution >= 4 is 27.5 Å². The van der Waals surface area contributed by atoms with Crippen LogP contribution in [0.5, 0.6) is 0 Å². The molecule has 0 aromatic heterocycles. The molecule has 1 amide bonds. The minimum atomic E-state index is -3.47. The predicted octanol–water partition coefficient (Wildman–Crippen LogP) is 1.99. The lowest BCUT2D eigenvalue weighted by Gasteiger charge is -2.42. The Labute approximate surface area is 160 Å². The van der Waals surface area contributed by atoms with E-state index >= 15 is 0 Å². The van der Waals surface area contributed by atoms with Crippen molar-refractivity contribution < 1.29 is 17.9 Å². The van der Waals surface area contributed by atoms with Crippen molar-refractivity contribution in [2.45, 2.75) is 19.1 Å². The molecular formula is C18H25ClN2O4S. The van der Waals surface area contributed by atoms with Gasteiger partial charge in [-0.2, -0.15) is 0 Å². The highest BCUT2D eigenvalue weighted by molar-refractivity contribution is 7.88.